The molecule has 2 aromatic carbocycles. The molecule has 1 fully saturated rings. The van der Waals surface area contributed by atoms with Gasteiger partial charge >= 0.3 is 6.03 Å². The van der Waals surface area contributed by atoms with Gasteiger partial charge < -0.3 is 20.1 Å². The van der Waals surface area contributed by atoms with E-state index >= 15 is 0 Å². The van der Waals surface area contributed by atoms with Gasteiger partial charge in [0.05, 0.1) is 0 Å². The van der Waals surface area contributed by atoms with Crippen molar-refractivity contribution in [2.45, 2.75) is 38.6 Å². The molecule has 2 N–H and O–H groups in total. The van der Waals surface area contributed by atoms with Gasteiger partial charge in [0.1, 0.15) is 12.1 Å². The number of nitrogens with one attached hydrogen (secondary N) is 2. The van der Waals surface area contributed by atoms with Crippen LogP contribution in [0.4, 0.5) is 10.5 Å². The number of nitrogens with zero attached hydrogens (tertiary/aromatic N) is 1. The zero-order valence-electron chi connectivity index (χ0n) is 17.6. The molecule has 0 aromatic heterocycles. The molecule has 8 heteroatoms. The summed E-state index contributed by atoms with van der Waals surface area (Å²) < 4.78 is 10.7. The number of imide groups is 1. The molecule has 2 aliphatic heterocycles. The number of carbonyl (C=O) groups excluding carboxylic acids is 3. The number of hydrogen-bond donors (Lipinski definition) is 2. The molecule has 0 spiro atoms. The van der Waals surface area contributed by atoms with Gasteiger partial charge in [0, 0.05) is 5.69 Å². The minimum absolute atomic E-state index is 0.113. The van der Waals surface area contributed by atoms with Crippen molar-refractivity contribution < 1.29 is 23.9 Å². The number of aryl methyl sites for hydroxylation is 1. The number of ether oxygens (including phenoxy) is 2. The van der Waals surface area contributed by atoms with E-state index in [1.54, 1.807) is 25.1 Å². The van der Waals surface area contributed by atoms with Gasteiger partial charge in [-0.1, -0.05) is 31.5 Å². The summed E-state index contributed by atoms with van der Waals surface area (Å²) in [6.45, 7) is 3.49. The van der Waals surface area contributed by atoms with E-state index in [1.165, 1.54) is 5.56 Å². The second-order valence-corrected chi connectivity index (χ2v) is 7.86. The highest BCUT2D eigenvalue weighted by Crippen LogP contribution is 2.37. The quantitative estimate of drug-likeness (QED) is 0.667. The minimum Gasteiger partial charge on any atom is -0.454 e. The SMILES string of the molecule is CCCCc1ccc(NC(=O)CN2C(=O)N[C@](C)(c3ccc4c(c3)OCO4)C2=O)cc1. The highest BCUT2D eigenvalue weighted by molar-refractivity contribution is 6.10. The Morgan fingerprint density at radius 3 is 2.61 bits per heavy atom. The van der Waals surface area contributed by atoms with Crippen molar-refractivity contribution in [3.05, 3.63) is 53.6 Å². The van der Waals surface area contributed by atoms with E-state index < -0.39 is 23.4 Å². The maximum atomic E-state index is 13.1. The average Bonchev–Trinajstić information content (AvgIpc) is 3.31. The molecular weight excluding hydrogens is 398 g/mol. The first kappa shape index (κ1) is 20.7. The lowest BCUT2D eigenvalue weighted by Gasteiger charge is -2.22. The second kappa shape index (κ2) is 8.29. The van der Waals surface area contributed by atoms with Gasteiger partial charge in [-0.15, -0.1) is 0 Å². The zero-order valence-corrected chi connectivity index (χ0v) is 17.6. The Kier molecular flexibility index (Phi) is 5.54. The predicted molar refractivity (Wildman–Crippen MR) is 114 cm³/mol. The Hall–Kier alpha value is -3.55. The third-order valence-corrected chi connectivity index (χ3v) is 5.58. The largest absolute Gasteiger partial charge is 0.454 e. The highest BCUT2D eigenvalue weighted by Gasteiger charge is 2.49. The molecule has 8 nitrogen and oxygen atoms in total. The van der Waals surface area contributed by atoms with E-state index in [-0.39, 0.29) is 13.3 Å². The number of hydrogen-bond acceptors (Lipinski definition) is 5. The lowest BCUT2D eigenvalue weighted by Crippen LogP contribution is -2.42. The lowest BCUT2D eigenvalue weighted by molar-refractivity contribution is -0.133. The molecule has 4 rings (SSSR count). The average molecular weight is 423 g/mol. The summed E-state index contributed by atoms with van der Waals surface area (Å²) in [6.07, 6.45) is 3.22. The number of carbonyl (C=O) groups is 3. The Bertz CT molecular complexity index is 1020. The standard InChI is InChI=1S/C23H25N3O5/c1-3-4-5-15-6-9-17(10-7-15)24-20(27)13-26-21(28)23(2,25-22(26)29)16-8-11-18-19(12-16)31-14-30-18/h6-12H,3-5,13-14H2,1-2H3,(H,24,27)(H,25,29)/t23-/m1/s1. The molecule has 0 saturated carbocycles. The Morgan fingerprint density at radius 1 is 1.13 bits per heavy atom. The molecule has 1 atom stereocenters. The topological polar surface area (TPSA) is 97.0 Å². The fraction of sp³-hybridized carbons (Fsp3) is 0.348. The van der Waals surface area contributed by atoms with Crippen molar-refractivity contribution >= 4 is 23.5 Å². The summed E-state index contributed by atoms with van der Waals surface area (Å²) in [6, 6.07) is 12.0. The third-order valence-electron chi connectivity index (χ3n) is 5.58. The normalized spacial score (nSPS) is 19.5. The van der Waals surface area contributed by atoms with Gasteiger partial charge in [-0.3, -0.25) is 14.5 Å². The number of benzene rings is 2. The summed E-state index contributed by atoms with van der Waals surface area (Å²) in [4.78, 5) is 39.0. The first-order valence-electron chi connectivity index (χ1n) is 10.3. The van der Waals surface area contributed by atoms with Gasteiger partial charge in [0.15, 0.2) is 11.5 Å². The number of rotatable bonds is 7. The highest BCUT2D eigenvalue weighted by atomic mass is 16.7. The molecule has 31 heavy (non-hydrogen) atoms. The van der Waals surface area contributed by atoms with Gasteiger partial charge in [0.25, 0.3) is 5.91 Å². The Morgan fingerprint density at radius 2 is 1.87 bits per heavy atom. The van der Waals surface area contributed by atoms with E-state index in [4.69, 9.17) is 9.47 Å². The molecule has 2 aromatic rings. The lowest BCUT2D eigenvalue weighted by atomic mass is 9.91. The van der Waals surface area contributed by atoms with Crippen molar-refractivity contribution in [3.63, 3.8) is 0 Å². The van der Waals surface area contributed by atoms with Crippen LogP contribution in [0.15, 0.2) is 42.5 Å². The Labute approximate surface area is 180 Å². The monoisotopic (exact) mass is 423 g/mol. The first-order valence-corrected chi connectivity index (χ1v) is 10.3. The van der Waals surface area contributed by atoms with Crippen molar-refractivity contribution in [2.24, 2.45) is 0 Å². The van der Waals surface area contributed by atoms with Crippen molar-refractivity contribution in [3.8, 4) is 11.5 Å². The Balaban J connectivity index is 1.42. The van der Waals surface area contributed by atoms with Crippen molar-refractivity contribution in [1.29, 1.82) is 0 Å². The van der Waals surface area contributed by atoms with E-state index in [9.17, 15) is 14.4 Å². The summed E-state index contributed by atoms with van der Waals surface area (Å²) >= 11 is 0. The van der Waals surface area contributed by atoms with Crippen LogP contribution < -0.4 is 20.1 Å². The molecule has 2 heterocycles. The van der Waals surface area contributed by atoms with Crippen LogP contribution in [0.5, 0.6) is 11.5 Å². The van der Waals surface area contributed by atoms with Gasteiger partial charge in [-0.2, -0.15) is 0 Å². The fourth-order valence-electron chi connectivity index (χ4n) is 3.72. The van der Waals surface area contributed by atoms with Gasteiger partial charge in [0.2, 0.25) is 12.7 Å². The predicted octanol–water partition coefficient (Wildman–Crippen LogP) is 3.16. The summed E-state index contributed by atoms with van der Waals surface area (Å²) in [5.74, 6) is 0.154. The molecule has 0 aliphatic carbocycles. The number of unbranched alkanes of at least 4 members (excludes halogenated alkanes) is 1. The number of fused-ring (bicyclic) bond motifs is 1. The van der Waals surface area contributed by atoms with Crippen LogP contribution in [0.25, 0.3) is 0 Å². The van der Waals surface area contributed by atoms with E-state index in [0.717, 1.165) is 24.2 Å². The second-order valence-electron chi connectivity index (χ2n) is 7.86. The summed E-state index contributed by atoms with van der Waals surface area (Å²) in [5.41, 5.74) is 1.09. The number of urea groups is 1. The molecule has 2 aliphatic rings. The van der Waals surface area contributed by atoms with Crippen LogP contribution in [0.1, 0.15) is 37.8 Å². The third kappa shape index (κ3) is 4.05. The molecule has 0 radical (unpaired) electrons. The summed E-state index contributed by atoms with van der Waals surface area (Å²) in [5, 5.41) is 5.44. The van der Waals surface area contributed by atoms with Crippen LogP contribution in [0.2, 0.25) is 0 Å². The van der Waals surface area contributed by atoms with Crippen LogP contribution in [-0.4, -0.2) is 36.1 Å². The van der Waals surface area contributed by atoms with Crippen molar-refractivity contribution in [2.75, 3.05) is 18.7 Å². The maximum Gasteiger partial charge on any atom is 0.325 e. The molecule has 162 valence electrons. The number of amides is 4. The van der Waals surface area contributed by atoms with E-state index in [1.807, 2.05) is 24.3 Å². The molecule has 1 saturated heterocycles. The van der Waals surface area contributed by atoms with Gasteiger partial charge in [-0.25, -0.2) is 4.79 Å². The van der Waals surface area contributed by atoms with Crippen molar-refractivity contribution in [1.82, 2.24) is 10.2 Å². The van der Waals surface area contributed by atoms with Crippen LogP contribution in [0, 0.1) is 0 Å². The smallest absolute Gasteiger partial charge is 0.325 e. The fourth-order valence-corrected chi connectivity index (χ4v) is 3.72. The molecular formula is C23H25N3O5. The first-order chi connectivity index (χ1) is 14.9. The molecule has 0 unspecified atom stereocenters. The van der Waals surface area contributed by atoms with Crippen LogP contribution >= 0.6 is 0 Å². The molecule has 4 amide bonds. The van der Waals surface area contributed by atoms with Crippen LogP contribution in [0.3, 0.4) is 0 Å². The maximum absolute atomic E-state index is 13.1. The molecule has 0 bridgehead atoms. The van der Waals surface area contributed by atoms with E-state index in [0.29, 0.717) is 22.7 Å². The zero-order chi connectivity index (χ0) is 22.0. The number of anilines is 1. The van der Waals surface area contributed by atoms with Crippen LogP contribution in [-0.2, 0) is 21.5 Å². The minimum atomic E-state index is -1.29. The van der Waals surface area contributed by atoms with Gasteiger partial charge in [-0.05, 0) is 55.2 Å². The summed E-state index contributed by atoms with van der Waals surface area (Å²) in [7, 11) is 0. The van der Waals surface area contributed by atoms with E-state index in [2.05, 4.69) is 17.6 Å².